The Bertz CT molecular complexity index is 626. The minimum Gasteiger partial charge on any atom is -0.383 e. The van der Waals surface area contributed by atoms with Crippen LogP contribution in [0.1, 0.15) is 31.0 Å². The molecule has 0 aliphatic carbocycles. The van der Waals surface area contributed by atoms with Gasteiger partial charge in [0.25, 0.3) is 0 Å². The highest BCUT2D eigenvalue weighted by Gasteiger charge is 2.15. The van der Waals surface area contributed by atoms with Gasteiger partial charge in [0.1, 0.15) is 11.6 Å². The number of nitrogens with zero attached hydrogens (tertiary/aromatic N) is 2. The van der Waals surface area contributed by atoms with Crippen molar-refractivity contribution < 1.29 is 4.39 Å². The lowest BCUT2D eigenvalue weighted by Gasteiger charge is -2.12. The Kier molecular flexibility index (Phi) is 3.85. The summed E-state index contributed by atoms with van der Waals surface area (Å²) in [5.74, 6) is 0.725. The standard InChI is InChI=1S/C14H15BrFN3/c1-7(2)12-11(15)13(17)19-14(18-12)10-6-9(16)5-4-8(10)3/h4-7H,1-3H3,(H2,17,18,19). The summed E-state index contributed by atoms with van der Waals surface area (Å²) in [6, 6.07) is 4.56. The normalized spacial score (nSPS) is 11.1. The van der Waals surface area contributed by atoms with Crippen LogP contribution in [0.4, 0.5) is 10.2 Å². The van der Waals surface area contributed by atoms with Crippen LogP contribution >= 0.6 is 15.9 Å². The van der Waals surface area contributed by atoms with Crippen LogP contribution in [0.3, 0.4) is 0 Å². The van der Waals surface area contributed by atoms with Gasteiger partial charge < -0.3 is 5.73 Å². The van der Waals surface area contributed by atoms with Crippen molar-refractivity contribution in [2.75, 3.05) is 5.73 Å². The minimum absolute atomic E-state index is 0.201. The molecule has 2 N–H and O–H groups in total. The van der Waals surface area contributed by atoms with E-state index in [1.807, 2.05) is 20.8 Å². The van der Waals surface area contributed by atoms with E-state index in [2.05, 4.69) is 25.9 Å². The van der Waals surface area contributed by atoms with Gasteiger partial charge in [0.15, 0.2) is 5.82 Å². The van der Waals surface area contributed by atoms with Crippen LogP contribution in [-0.2, 0) is 0 Å². The number of halogens is 2. The predicted molar refractivity (Wildman–Crippen MR) is 78.4 cm³/mol. The molecule has 2 aromatic rings. The van der Waals surface area contributed by atoms with Crippen molar-refractivity contribution in [1.82, 2.24) is 9.97 Å². The molecule has 0 spiro atoms. The topological polar surface area (TPSA) is 51.8 Å². The molecule has 0 aliphatic heterocycles. The first-order valence-electron chi connectivity index (χ1n) is 5.99. The van der Waals surface area contributed by atoms with Gasteiger partial charge in [-0.15, -0.1) is 0 Å². The van der Waals surface area contributed by atoms with E-state index in [9.17, 15) is 4.39 Å². The van der Waals surface area contributed by atoms with Crippen molar-refractivity contribution in [3.8, 4) is 11.4 Å². The summed E-state index contributed by atoms with van der Waals surface area (Å²) >= 11 is 3.40. The molecule has 0 bridgehead atoms. The monoisotopic (exact) mass is 323 g/mol. The fourth-order valence-electron chi connectivity index (χ4n) is 1.82. The van der Waals surface area contributed by atoms with Gasteiger partial charge in [-0.3, -0.25) is 0 Å². The highest BCUT2D eigenvalue weighted by molar-refractivity contribution is 9.10. The second kappa shape index (κ2) is 5.25. The Morgan fingerprint density at radius 1 is 1.26 bits per heavy atom. The van der Waals surface area contributed by atoms with Crippen LogP contribution in [0.5, 0.6) is 0 Å². The summed E-state index contributed by atoms with van der Waals surface area (Å²) in [6.45, 7) is 5.94. The highest BCUT2D eigenvalue weighted by atomic mass is 79.9. The molecule has 1 heterocycles. The van der Waals surface area contributed by atoms with Gasteiger partial charge in [0, 0.05) is 5.56 Å². The minimum atomic E-state index is -0.309. The molecule has 0 unspecified atom stereocenters. The van der Waals surface area contributed by atoms with Gasteiger partial charge in [-0.1, -0.05) is 19.9 Å². The molecule has 5 heteroatoms. The maximum absolute atomic E-state index is 13.4. The number of nitrogens with two attached hydrogens (primary N) is 1. The van der Waals surface area contributed by atoms with Crippen molar-refractivity contribution in [1.29, 1.82) is 0 Å². The molecule has 0 aliphatic rings. The van der Waals surface area contributed by atoms with Gasteiger partial charge in [-0.25, -0.2) is 14.4 Å². The molecule has 3 nitrogen and oxygen atoms in total. The van der Waals surface area contributed by atoms with E-state index in [0.29, 0.717) is 21.7 Å². The van der Waals surface area contributed by atoms with E-state index >= 15 is 0 Å². The zero-order chi connectivity index (χ0) is 14.2. The SMILES string of the molecule is Cc1ccc(F)cc1-c1nc(N)c(Br)c(C(C)C)n1. The number of nitrogen functional groups attached to an aromatic ring is 1. The molecular weight excluding hydrogens is 309 g/mol. The number of aromatic nitrogens is 2. The molecule has 1 aromatic carbocycles. The molecule has 19 heavy (non-hydrogen) atoms. The number of aryl methyl sites for hydroxylation is 1. The van der Waals surface area contributed by atoms with Gasteiger partial charge in [0.2, 0.25) is 0 Å². The second-order valence-corrected chi connectivity index (χ2v) is 5.54. The number of rotatable bonds is 2. The van der Waals surface area contributed by atoms with Crippen LogP contribution < -0.4 is 5.73 Å². The molecule has 0 amide bonds. The van der Waals surface area contributed by atoms with Crippen LogP contribution in [-0.4, -0.2) is 9.97 Å². The highest BCUT2D eigenvalue weighted by Crippen LogP contribution is 2.30. The van der Waals surface area contributed by atoms with E-state index in [1.54, 1.807) is 6.07 Å². The molecular formula is C14H15BrFN3. The Hall–Kier alpha value is -1.49. The summed E-state index contributed by atoms with van der Waals surface area (Å²) in [7, 11) is 0. The second-order valence-electron chi connectivity index (χ2n) is 4.75. The summed E-state index contributed by atoms with van der Waals surface area (Å²) in [5.41, 5.74) is 8.30. The zero-order valence-electron chi connectivity index (χ0n) is 11.0. The Balaban J connectivity index is 2.66. The Morgan fingerprint density at radius 2 is 1.95 bits per heavy atom. The fraction of sp³-hybridized carbons (Fsp3) is 0.286. The smallest absolute Gasteiger partial charge is 0.162 e. The van der Waals surface area contributed by atoms with E-state index in [1.165, 1.54) is 12.1 Å². The number of benzene rings is 1. The third-order valence-corrected chi connectivity index (χ3v) is 3.70. The molecule has 2 rings (SSSR count). The van der Waals surface area contributed by atoms with E-state index in [0.717, 1.165) is 11.3 Å². The van der Waals surface area contributed by atoms with Crippen LogP contribution in [0, 0.1) is 12.7 Å². The molecule has 0 atom stereocenters. The first-order valence-corrected chi connectivity index (χ1v) is 6.79. The fourth-order valence-corrected chi connectivity index (χ4v) is 2.46. The predicted octanol–water partition coefficient (Wildman–Crippen LogP) is 4.06. The quantitative estimate of drug-likeness (QED) is 0.906. The van der Waals surface area contributed by atoms with E-state index in [-0.39, 0.29) is 11.7 Å². The van der Waals surface area contributed by atoms with Crippen molar-refractivity contribution >= 4 is 21.7 Å². The zero-order valence-corrected chi connectivity index (χ0v) is 12.6. The first-order chi connectivity index (χ1) is 8.90. The Morgan fingerprint density at radius 3 is 2.58 bits per heavy atom. The molecule has 100 valence electrons. The van der Waals surface area contributed by atoms with Crippen LogP contribution in [0.2, 0.25) is 0 Å². The van der Waals surface area contributed by atoms with Crippen molar-refractivity contribution in [2.45, 2.75) is 26.7 Å². The van der Waals surface area contributed by atoms with Gasteiger partial charge in [-0.05, 0) is 46.5 Å². The van der Waals surface area contributed by atoms with E-state index < -0.39 is 0 Å². The van der Waals surface area contributed by atoms with Crippen LogP contribution in [0.15, 0.2) is 22.7 Å². The average Bonchev–Trinajstić information content (AvgIpc) is 2.35. The maximum atomic E-state index is 13.4. The van der Waals surface area contributed by atoms with Gasteiger partial charge in [0.05, 0.1) is 10.2 Å². The van der Waals surface area contributed by atoms with Crippen molar-refractivity contribution in [3.63, 3.8) is 0 Å². The molecule has 0 radical (unpaired) electrons. The molecule has 0 saturated heterocycles. The lowest BCUT2D eigenvalue weighted by atomic mass is 10.1. The van der Waals surface area contributed by atoms with E-state index in [4.69, 9.17) is 5.73 Å². The van der Waals surface area contributed by atoms with Crippen LogP contribution in [0.25, 0.3) is 11.4 Å². The maximum Gasteiger partial charge on any atom is 0.162 e. The summed E-state index contributed by atoms with van der Waals surface area (Å²) in [5, 5.41) is 0. The average molecular weight is 324 g/mol. The van der Waals surface area contributed by atoms with Crippen molar-refractivity contribution in [2.24, 2.45) is 0 Å². The molecule has 1 aromatic heterocycles. The largest absolute Gasteiger partial charge is 0.383 e. The molecule has 0 fully saturated rings. The summed E-state index contributed by atoms with van der Waals surface area (Å²) < 4.78 is 14.1. The molecule has 0 saturated carbocycles. The number of hydrogen-bond acceptors (Lipinski definition) is 3. The van der Waals surface area contributed by atoms with Gasteiger partial charge in [-0.2, -0.15) is 0 Å². The summed E-state index contributed by atoms with van der Waals surface area (Å²) in [4.78, 5) is 8.74. The number of hydrogen-bond donors (Lipinski definition) is 1. The third-order valence-electron chi connectivity index (χ3n) is 2.89. The third kappa shape index (κ3) is 2.76. The van der Waals surface area contributed by atoms with Gasteiger partial charge >= 0.3 is 0 Å². The number of anilines is 1. The Labute approximate surface area is 120 Å². The van der Waals surface area contributed by atoms with Crippen molar-refractivity contribution in [3.05, 3.63) is 39.7 Å². The summed E-state index contributed by atoms with van der Waals surface area (Å²) in [6.07, 6.45) is 0. The first kappa shape index (κ1) is 13.9. The lowest BCUT2D eigenvalue weighted by Crippen LogP contribution is -2.05. The lowest BCUT2D eigenvalue weighted by molar-refractivity contribution is 0.627.